The van der Waals surface area contributed by atoms with Gasteiger partial charge in [0.15, 0.2) is 0 Å². The van der Waals surface area contributed by atoms with Crippen LogP contribution in [0.5, 0.6) is 0 Å². The fourth-order valence-corrected chi connectivity index (χ4v) is 2.87. The Labute approximate surface area is 126 Å². The molecule has 0 radical (unpaired) electrons. The number of likely N-dealkylation sites (tertiary alicyclic amines) is 1. The van der Waals surface area contributed by atoms with Crippen molar-refractivity contribution in [2.45, 2.75) is 32.7 Å². The standard InChI is InChI=1S/C16H24ClFN2/c1-12(11-20-7-3-4-8-20)10-19-13(2)14-5-6-15(17)16(18)9-14/h5-6,9,12-13,19H,3-4,7-8,10-11H2,1-2H3. The minimum absolute atomic E-state index is 0.141. The first kappa shape index (κ1) is 15.7. The summed E-state index contributed by atoms with van der Waals surface area (Å²) in [5, 5.41) is 3.67. The maximum Gasteiger partial charge on any atom is 0.142 e. The number of halogens is 2. The molecule has 1 aliphatic heterocycles. The molecule has 2 unspecified atom stereocenters. The maximum absolute atomic E-state index is 13.4. The quantitative estimate of drug-likeness (QED) is 0.858. The molecule has 1 aromatic carbocycles. The van der Waals surface area contributed by atoms with Gasteiger partial charge in [-0.3, -0.25) is 0 Å². The first-order valence-electron chi connectivity index (χ1n) is 7.47. The summed E-state index contributed by atoms with van der Waals surface area (Å²) in [5.41, 5.74) is 0.945. The predicted octanol–water partition coefficient (Wildman–Crippen LogP) is 3.86. The summed E-state index contributed by atoms with van der Waals surface area (Å²) >= 11 is 5.71. The molecule has 0 aromatic heterocycles. The monoisotopic (exact) mass is 298 g/mol. The van der Waals surface area contributed by atoms with Gasteiger partial charge >= 0.3 is 0 Å². The van der Waals surface area contributed by atoms with Gasteiger partial charge in [0.25, 0.3) is 0 Å². The molecule has 20 heavy (non-hydrogen) atoms. The van der Waals surface area contributed by atoms with Crippen molar-refractivity contribution in [2.75, 3.05) is 26.2 Å². The summed E-state index contributed by atoms with van der Waals surface area (Å²) in [6.45, 7) is 8.90. The minimum atomic E-state index is -0.345. The SMILES string of the molecule is CC(CNC(C)c1ccc(Cl)c(F)c1)CN1CCCC1. The van der Waals surface area contributed by atoms with Crippen molar-refractivity contribution in [1.29, 1.82) is 0 Å². The van der Waals surface area contributed by atoms with E-state index in [-0.39, 0.29) is 16.9 Å². The van der Waals surface area contributed by atoms with E-state index in [9.17, 15) is 4.39 Å². The molecule has 1 aliphatic rings. The minimum Gasteiger partial charge on any atom is -0.310 e. The van der Waals surface area contributed by atoms with E-state index in [0.29, 0.717) is 5.92 Å². The predicted molar refractivity (Wildman–Crippen MR) is 82.7 cm³/mol. The maximum atomic E-state index is 13.4. The van der Waals surface area contributed by atoms with Crippen molar-refractivity contribution in [3.8, 4) is 0 Å². The first-order chi connectivity index (χ1) is 9.56. The Kier molecular flexibility index (Phi) is 5.82. The van der Waals surface area contributed by atoms with Gasteiger partial charge in [0.2, 0.25) is 0 Å². The molecule has 2 rings (SSSR count). The van der Waals surface area contributed by atoms with Crippen LogP contribution in [0, 0.1) is 11.7 Å². The van der Waals surface area contributed by atoms with Crippen LogP contribution >= 0.6 is 11.6 Å². The van der Waals surface area contributed by atoms with Crippen LogP contribution in [0.25, 0.3) is 0 Å². The fourth-order valence-electron chi connectivity index (χ4n) is 2.75. The molecule has 0 aliphatic carbocycles. The van der Waals surface area contributed by atoms with Gasteiger partial charge in [0.1, 0.15) is 5.82 Å². The van der Waals surface area contributed by atoms with Gasteiger partial charge in [-0.1, -0.05) is 24.6 Å². The van der Waals surface area contributed by atoms with E-state index in [2.05, 4.69) is 24.1 Å². The molecule has 0 amide bonds. The lowest BCUT2D eigenvalue weighted by atomic mass is 10.1. The first-order valence-corrected chi connectivity index (χ1v) is 7.84. The van der Waals surface area contributed by atoms with Crippen molar-refractivity contribution in [3.05, 3.63) is 34.6 Å². The van der Waals surface area contributed by atoms with Crippen molar-refractivity contribution in [1.82, 2.24) is 10.2 Å². The van der Waals surface area contributed by atoms with Gasteiger partial charge in [0.05, 0.1) is 5.02 Å². The zero-order valence-corrected chi connectivity index (χ0v) is 13.1. The molecule has 0 spiro atoms. The molecule has 1 aromatic rings. The van der Waals surface area contributed by atoms with Crippen LogP contribution in [0.1, 0.15) is 38.3 Å². The van der Waals surface area contributed by atoms with Crippen molar-refractivity contribution in [3.63, 3.8) is 0 Å². The molecule has 1 N–H and O–H groups in total. The number of benzene rings is 1. The van der Waals surface area contributed by atoms with E-state index >= 15 is 0 Å². The Balaban J connectivity index is 1.78. The number of rotatable bonds is 6. The lowest BCUT2D eigenvalue weighted by molar-refractivity contribution is 0.279. The third-order valence-electron chi connectivity index (χ3n) is 3.98. The lowest BCUT2D eigenvalue weighted by Gasteiger charge is -2.22. The van der Waals surface area contributed by atoms with Crippen LogP contribution < -0.4 is 5.32 Å². The van der Waals surface area contributed by atoms with Crippen molar-refractivity contribution in [2.24, 2.45) is 5.92 Å². The van der Waals surface area contributed by atoms with E-state index in [1.807, 2.05) is 6.07 Å². The van der Waals surface area contributed by atoms with Crippen molar-refractivity contribution >= 4 is 11.6 Å². The Morgan fingerprint density at radius 3 is 2.65 bits per heavy atom. The Hall–Kier alpha value is -0.640. The molecule has 1 heterocycles. The molecular formula is C16H24ClFN2. The summed E-state index contributed by atoms with van der Waals surface area (Å²) in [6, 6.07) is 5.17. The zero-order chi connectivity index (χ0) is 14.5. The van der Waals surface area contributed by atoms with Gasteiger partial charge in [0, 0.05) is 12.6 Å². The summed E-state index contributed by atoms with van der Waals surface area (Å²) in [4.78, 5) is 2.53. The molecule has 0 bridgehead atoms. The average molecular weight is 299 g/mol. The number of hydrogen-bond donors (Lipinski definition) is 1. The Bertz CT molecular complexity index is 432. The molecule has 112 valence electrons. The molecule has 4 heteroatoms. The second-order valence-electron chi connectivity index (χ2n) is 5.92. The van der Waals surface area contributed by atoms with Crippen LogP contribution in [0.15, 0.2) is 18.2 Å². The summed E-state index contributed by atoms with van der Waals surface area (Å²) in [6.07, 6.45) is 2.67. The number of hydrogen-bond acceptors (Lipinski definition) is 2. The largest absolute Gasteiger partial charge is 0.310 e. The highest BCUT2D eigenvalue weighted by atomic mass is 35.5. The highest BCUT2D eigenvalue weighted by molar-refractivity contribution is 6.30. The van der Waals surface area contributed by atoms with E-state index in [1.54, 1.807) is 6.07 Å². The average Bonchev–Trinajstić information content (AvgIpc) is 2.92. The summed E-state index contributed by atoms with van der Waals surface area (Å²) < 4.78 is 13.4. The highest BCUT2D eigenvalue weighted by Crippen LogP contribution is 2.20. The van der Waals surface area contributed by atoms with E-state index < -0.39 is 0 Å². The second-order valence-corrected chi connectivity index (χ2v) is 6.32. The smallest absolute Gasteiger partial charge is 0.142 e. The third-order valence-corrected chi connectivity index (χ3v) is 4.29. The molecular weight excluding hydrogens is 275 g/mol. The van der Waals surface area contributed by atoms with Gasteiger partial charge in [-0.05, 0) is 63.0 Å². The van der Waals surface area contributed by atoms with Gasteiger partial charge < -0.3 is 10.2 Å². The lowest BCUT2D eigenvalue weighted by Crippen LogP contribution is -2.32. The van der Waals surface area contributed by atoms with Crippen LogP contribution in [0.4, 0.5) is 4.39 Å². The molecule has 1 saturated heterocycles. The van der Waals surface area contributed by atoms with Crippen LogP contribution in [0.2, 0.25) is 5.02 Å². The van der Waals surface area contributed by atoms with Gasteiger partial charge in [-0.2, -0.15) is 0 Å². The molecule has 2 nitrogen and oxygen atoms in total. The van der Waals surface area contributed by atoms with Crippen LogP contribution in [0.3, 0.4) is 0 Å². The van der Waals surface area contributed by atoms with Gasteiger partial charge in [-0.15, -0.1) is 0 Å². The highest BCUT2D eigenvalue weighted by Gasteiger charge is 2.15. The Morgan fingerprint density at radius 2 is 2.00 bits per heavy atom. The third kappa shape index (κ3) is 4.44. The van der Waals surface area contributed by atoms with Crippen LogP contribution in [-0.4, -0.2) is 31.1 Å². The number of nitrogens with zero attached hydrogens (tertiary/aromatic N) is 1. The van der Waals surface area contributed by atoms with E-state index in [1.165, 1.54) is 32.0 Å². The Morgan fingerprint density at radius 1 is 1.30 bits per heavy atom. The summed E-state index contributed by atoms with van der Waals surface area (Å²) in [5.74, 6) is 0.260. The number of nitrogens with one attached hydrogen (secondary N) is 1. The topological polar surface area (TPSA) is 15.3 Å². The zero-order valence-electron chi connectivity index (χ0n) is 12.3. The molecule has 1 fully saturated rings. The summed E-state index contributed by atoms with van der Waals surface area (Å²) in [7, 11) is 0. The van der Waals surface area contributed by atoms with E-state index in [0.717, 1.165) is 18.7 Å². The normalized spacial score (nSPS) is 19.2. The van der Waals surface area contributed by atoms with Crippen LogP contribution in [-0.2, 0) is 0 Å². The second kappa shape index (κ2) is 7.39. The molecule has 0 saturated carbocycles. The van der Waals surface area contributed by atoms with Gasteiger partial charge in [-0.25, -0.2) is 4.39 Å². The van der Waals surface area contributed by atoms with Crippen molar-refractivity contribution < 1.29 is 4.39 Å². The fraction of sp³-hybridized carbons (Fsp3) is 0.625. The van der Waals surface area contributed by atoms with E-state index in [4.69, 9.17) is 11.6 Å². The molecule has 2 atom stereocenters.